The number of anilines is 1. The van der Waals surface area contributed by atoms with E-state index in [1.165, 1.54) is 23.3 Å². The molecule has 0 saturated heterocycles. The van der Waals surface area contributed by atoms with E-state index >= 15 is 0 Å². The largest absolute Gasteiger partial charge is 0.476 e. The second kappa shape index (κ2) is 11.2. The van der Waals surface area contributed by atoms with Crippen LogP contribution in [0.5, 0.6) is 0 Å². The van der Waals surface area contributed by atoms with Crippen molar-refractivity contribution < 1.29 is 14.7 Å². The van der Waals surface area contributed by atoms with E-state index in [9.17, 15) is 19.5 Å². The van der Waals surface area contributed by atoms with Gasteiger partial charge >= 0.3 is 5.97 Å². The first-order chi connectivity index (χ1) is 20.7. The minimum atomic E-state index is -1.22. The average Bonchev–Trinajstić information content (AvgIpc) is 3.62. The normalized spacial score (nSPS) is 17.0. The van der Waals surface area contributed by atoms with E-state index in [1.54, 1.807) is 46.9 Å². The molecule has 2 atom stereocenters. The van der Waals surface area contributed by atoms with Gasteiger partial charge in [0.05, 0.1) is 53.2 Å². The lowest BCUT2D eigenvalue weighted by Gasteiger charge is -2.22. The van der Waals surface area contributed by atoms with Crippen molar-refractivity contribution in [2.24, 2.45) is 13.0 Å². The average molecular weight is 600 g/mol. The van der Waals surface area contributed by atoms with Gasteiger partial charge in [0.15, 0.2) is 5.69 Å². The zero-order valence-corrected chi connectivity index (χ0v) is 23.9. The van der Waals surface area contributed by atoms with E-state index in [2.05, 4.69) is 30.7 Å². The standard InChI is InChI=1S/C29H26ClN9O4/c1-16-4-3-5-25(21-10-17(8-9-31-21)27-22(34-28(16)41)13-33-37(27)2)38-15-32-20(12-26(38)40)19-11-18(30)6-7-24(19)39-14-23(29(42)43)35-36-39/h6-16,25H,3-5H2,1-2H3,(H,34,41)(H,42,43)/t16-,25+/m1/s1. The van der Waals surface area contributed by atoms with Crippen molar-refractivity contribution in [3.05, 3.63) is 88.1 Å². The van der Waals surface area contributed by atoms with Gasteiger partial charge in [-0.15, -0.1) is 5.10 Å². The number of hydrogen-bond donors (Lipinski definition) is 2. The highest BCUT2D eigenvalue weighted by Gasteiger charge is 2.24. The second-order valence-corrected chi connectivity index (χ2v) is 10.8. The molecule has 1 aliphatic rings. The van der Waals surface area contributed by atoms with Gasteiger partial charge in [-0.05, 0) is 43.2 Å². The van der Waals surface area contributed by atoms with Crippen LogP contribution in [-0.4, -0.2) is 56.3 Å². The molecule has 1 aromatic carbocycles. The number of carboxylic acid groups (broad SMARTS) is 1. The smallest absolute Gasteiger partial charge is 0.358 e. The van der Waals surface area contributed by atoms with Crippen molar-refractivity contribution in [3.8, 4) is 28.2 Å². The van der Waals surface area contributed by atoms with Crippen LogP contribution in [0.25, 0.3) is 28.2 Å². The van der Waals surface area contributed by atoms with E-state index < -0.39 is 12.0 Å². The van der Waals surface area contributed by atoms with Gasteiger partial charge < -0.3 is 10.4 Å². The second-order valence-electron chi connectivity index (χ2n) is 10.4. The SMILES string of the molecule is C[C@@H]1CCC[C@H](n2cnc(-c3cc(Cl)ccc3-n3cc(C(=O)O)nn3)cc2=O)c2cc(ccn2)-c2c(cnn2C)NC1=O. The summed E-state index contributed by atoms with van der Waals surface area (Å²) in [4.78, 5) is 47.2. The number of aryl methyl sites for hydroxylation is 1. The molecule has 6 rings (SSSR count). The predicted octanol–water partition coefficient (Wildman–Crippen LogP) is 3.99. The molecule has 43 heavy (non-hydrogen) atoms. The summed E-state index contributed by atoms with van der Waals surface area (Å²) in [5.74, 6) is -1.56. The van der Waals surface area contributed by atoms with Crippen molar-refractivity contribution in [1.29, 1.82) is 0 Å². The Labute approximate surface area is 249 Å². The van der Waals surface area contributed by atoms with Crippen LogP contribution in [-0.2, 0) is 11.8 Å². The highest BCUT2D eigenvalue weighted by molar-refractivity contribution is 6.31. The fourth-order valence-corrected chi connectivity index (χ4v) is 5.44. The molecule has 2 N–H and O–H groups in total. The van der Waals surface area contributed by atoms with E-state index in [0.29, 0.717) is 52.6 Å². The van der Waals surface area contributed by atoms with E-state index in [0.717, 1.165) is 11.3 Å². The zero-order valence-electron chi connectivity index (χ0n) is 23.2. The molecular weight excluding hydrogens is 574 g/mol. The highest BCUT2D eigenvalue weighted by atomic mass is 35.5. The maximum atomic E-state index is 13.7. The number of hydrogen-bond acceptors (Lipinski definition) is 8. The predicted molar refractivity (Wildman–Crippen MR) is 157 cm³/mol. The molecular formula is C29H26ClN9O4. The fourth-order valence-electron chi connectivity index (χ4n) is 5.27. The monoisotopic (exact) mass is 599 g/mol. The number of nitrogens with one attached hydrogen (secondary N) is 1. The maximum Gasteiger partial charge on any atom is 0.358 e. The van der Waals surface area contributed by atoms with Crippen molar-refractivity contribution in [2.75, 3.05) is 5.32 Å². The molecule has 14 heteroatoms. The van der Waals surface area contributed by atoms with Crippen molar-refractivity contribution in [2.45, 2.75) is 32.2 Å². The summed E-state index contributed by atoms with van der Waals surface area (Å²) in [6, 6.07) is 9.60. The van der Waals surface area contributed by atoms with Gasteiger partial charge in [-0.25, -0.2) is 14.5 Å². The van der Waals surface area contributed by atoms with Gasteiger partial charge in [0.25, 0.3) is 5.56 Å². The van der Waals surface area contributed by atoms with Crippen molar-refractivity contribution in [3.63, 3.8) is 0 Å². The molecule has 0 aliphatic carbocycles. The third-order valence-electron chi connectivity index (χ3n) is 7.52. The number of aromatic carboxylic acids is 1. The number of halogens is 1. The fraction of sp³-hybridized carbons (Fsp3) is 0.241. The summed E-state index contributed by atoms with van der Waals surface area (Å²) in [5, 5.41) is 24.6. The van der Waals surface area contributed by atoms with Crippen LogP contribution in [0, 0.1) is 5.92 Å². The molecule has 0 fully saturated rings. The van der Waals surface area contributed by atoms with Gasteiger partial charge in [0, 0.05) is 41.4 Å². The number of amides is 1. The third kappa shape index (κ3) is 5.42. The molecule has 218 valence electrons. The number of carbonyl (C=O) groups is 2. The first kappa shape index (κ1) is 28.0. The summed E-state index contributed by atoms with van der Waals surface area (Å²) >= 11 is 6.30. The first-order valence-corrected chi connectivity index (χ1v) is 13.9. The molecule has 5 aromatic rings. The summed E-state index contributed by atoms with van der Waals surface area (Å²) < 4.78 is 4.53. The number of aromatic nitrogens is 8. The molecule has 0 spiro atoms. The molecule has 0 saturated carbocycles. The number of nitrogens with zero attached hydrogens (tertiary/aromatic N) is 8. The van der Waals surface area contributed by atoms with Crippen LogP contribution in [0.1, 0.15) is 48.4 Å². The van der Waals surface area contributed by atoms with Gasteiger partial charge in [-0.3, -0.25) is 23.8 Å². The first-order valence-electron chi connectivity index (χ1n) is 13.5. The summed E-state index contributed by atoms with van der Waals surface area (Å²) in [7, 11) is 1.80. The van der Waals surface area contributed by atoms with Gasteiger partial charge in [0.2, 0.25) is 5.91 Å². The number of benzene rings is 1. The summed E-state index contributed by atoms with van der Waals surface area (Å²) in [6.45, 7) is 1.88. The zero-order chi connectivity index (χ0) is 30.2. The Morgan fingerprint density at radius 3 is 2.72 bits per heavy atom. The van der Waals surface area contributed by atoms with Crippen LogP contribution >= 0.6 is 11.6 Å². The number of fused-ring (bicyclic) bond motifs is 4. The molecule has 13 nitrogen and oxygen atoms in total. The Kier molecular flexibility index (Phi) is 7.32. The molecule has 2 bridgehead atoms. The van der Waals surface area contributed by atoms with Gasteiger partial charge in [-0.2, -0.15) is 5.10 Å². The lowest BCUT2D eigenvalue weighted by molar-refractivity contribution is -0.119. The van der Waals surface area contributed by atoms with Crippen LogP contribution in [0.4, 0.5) is 5.69 Å². The molecule has 0 unspecified atom stereocenters. The van der Waals surface area contributed by atoms with Crippen LogP contribution in [0.2, 0.25) is 5.02 Å². The maximum absolute atomic E-state index is 13.7. The Hall–Kier alpha value is -5.17. The number of pyridine rings is 1. The number of carbonyl (C=O) groups excluding carboxylic acids is 1. The van der Waals surface area contributed by atoms with Crippen LogP contribution in [0.3, 0.4) is 0 Å². The highest BCUT2D eigenvalue weighted by Crippen LogP contribution is 2.33. The Balaban J connectivity index is 1.43. The minimum absolute atomic E-state index is 0.0935. The molecule has 1 aliphatic heterocycles. The van der Waals surface area contributed by atoms with E-state index in [4.69, 9.17) is 11.6 Å². The summed E-state index contributed by atoms with van der Waals surface area (Å²) in [5.41, 5.74) is 3.51. The van der Waals surface area contributed by atoms with Crippen molar-refractivity contribution >= 4 is 29.2 Å². The number of carboxylic acids is 1. The topological polar surface area (TPSA) is 163 Å². The van der Waals surface area contributed by atoms with Gasteiger partial charge in [-0.1, -0.05) is 30.2 Å². The number of rotatable bonds is 4. The molecule has 4 aromatic heterocycles. The molecule has 5 heterocycles. The Bertz CT molecular complexity index is 1930. The summed E-state index contributed by atoms with van der Waals surface area (Å²) in [6.07, 6.45) is 7.88. The van der Waals surface area contributed by atoms with Crippen LogP contribution in [0.15, 0.2) is 66.1 Å². The Morgan fingerprint density at radius 1 is 1.12 bits per heavy atom. The lowest BCUT2D eigenvalue weighted by Crippen LogP contribution is -2.27. The quantitative estimate of drug-likeness (QED) is 0.311. The van der Waals surface area contributed by atoms with Crippen molar-refractivity contribution in [1.82, 2.24) is 39.3 Å². The van der Waals surface area contributed by atoms with Crippen LogP contribution < -0.4 is 10.9 Å². The third-order valence-corrected chi connectivity index (χ3v) is 7.76. The molecule has 1 amide bonds. The Morgan fingerprint density at radius 2 is 1.95 bits per heavy atom. The minimum Gasteiger partial charge on any atom is -0.476 e. The van der Waals surface area contributed by atoms with E-state index in [-0.39, 0.29) is 23.1 Å². The molecule has 0 radical (unpaired) electrons. The van der Waals surface area contributed by atoms with Gasteiger partial charge in [0.1, 0.15) is 0 Å². The lowest BCUT2D eigenvalue weighted by atomic mass is 9.97. The van der Waals surface area contributed by atoms with E-state index in [1.807, 2.05) is 19.1 Å².